The maximum absolute atomic E-state index is 4.34. The highest BCUT2D eigenvalue weighted by atomic mass is 15.3. The number of nitrogens with one attached hydrogen (secondary N) is 2. The van der Waals surface area contributed by atoms with Crippen LogP contribution >= 0.6 is 0 Å². The number of aryl methyl sites for hydroxylation is 1. The lowest BCUT2D eigenvalue weighted by Crippen LogP contribution is -2.46. The average Bonchev–Trinajstić information content (AvgIpc) is 3.23. The molecule has 2 aliphatic rings. The number of nitrogens with zero attached hydrogens (tertiary/aromatic N) is 5. The number of hydrogen-bond donors (Lipinski definition) is 2. The summed E-state index contributed by atoms with van der Waals surface area (Å²) in [6.45, 7) is 7.22. The Bertz CT molecular complexity index is 546. The first kappa shape index (κ1) is 15.3. The molecular weight excluding hydrogens is 278 g/mol. The van der Waals surface area contributed by atoms with Crippen LogP contribution in [0.5, 0.6) is 0 Å². The summed E-state index contributed by atoms with van der Waals surface area (Å²) in [5.41, 5.74) is 0. The first-order chi connectivity index (χ1) is 10.6. The van der Waals surface area contributed by atoms with Gasteiger partial charge in [0.05, 0.1) is 6.54 Å². The van der Waals surface area contributed by atoms with Crippen LogP contribution in [0.2, 0.25) is 0 Å². The van der Waals surface area contributed by atoms with Crippen molar-refractivity contribution in [3.05, 3.63) is 11.6 Å². The maximum Gasteiger partial charge on any atom is 0.191 e. The van der Waals surface area contributed by atoms with E-state index in [0.717, 1.165) is 30.2 Å². The summed E-state index contributed by atoms with van der Waals surface area (Å²) in [4.78, 5) is 6.95. The lowest BCUT2D eigenvalue weighted by molar-refractivity contribution is 0.315. The van der Waals surface area contributed by atoms with Gasteiger partial charge in [-0.25, -0.2) is 0 Å². The van der Waals surface area contributed by atoms with E-state index < -0.39 is 0 Å². The number of hydrogen-bond acceptors (Lipinski definition) is 4. The molecule has 7 heteroatoms. The van der Waals surface area contributed by atoms with Crippen LogP contribution in [0.15, 0.2) is 4.99 Å². The SMILES string of the molecule is CN=C(NCc1nnc(C)n1C)NC1CN(C2CC2)CC1C. The van der Waals surface area contributed by atoms with Gasteiger partial charge in [0.2, 0.25) is 0 Å². The molecule has 122 valence electrons. The highest BCUT2D eigenvalue weighted by molar-refractivity contribution is 5.80. The van der Waals surface area contributed by atoms with Crippen molar-refractivity contribution >= 4 is 5.96 Å². The van der Waals surface area contributed by atoms with Crippen LogP contribution < -0.4 is 10.6 Å². The fourth-order valence-corrected chi connectivity index (χ4v) is 3.07. The van der Waals surface area contributed by atoms with E-state index >= 15 is 0 Å². The molecule has 2 N–H and O–H groups in total. The Morgan fingerprint density at radius 3 is 2.68 bits per heavy atom. The number of rotatable bonds is 4. The summed E-state index contributed by atoms with van der Waals surface area (Å²) >= 11 is 0. The van der Waals surface area contributed by atoms with Crippen molar-refractivity contribution in [3.63, 3.8) is 0 Å². The van der Waals surface area contributed by atoms with Gasteiger partial charge in [-0.1, -0.05) is 6.92 Å². The van der Waals surface area contributed by atoms with Gasteiger partial charge in [-0.15, -0.1) is 10.2 Å². The van der Waals surface area contributed by atoms with Crippen LogP contribution in [0.3, 0.4) is 0 Å². The van der Waals surface area contributed by atoms with Crippen molar-refractivity contribution in [2.24, 2.45) is 18.0 Å². The quantitative estimate of drug-likeness (QED) is 0.617. The average molecular weight is 305 g/mol. The monoisotopic (exact) mass is 305 g/mol. The molecule has 2 unspecified atom stereocenters. The van der Waals surface area contributed by atoms with Crippen LogP contribution in [-0.4, -0.2) is 57.8 Å². The molecule has 2 fully saturated rings. The molecule has 1 aromatic heterocycles. The summed E-state index contributed by atoms with van der Waals surface area (Å²) in [6, 6.07) is 1.30. The Hall–Kier alpha value is -1.63. The predicted molar refractivity (Wildman–Crippen MR) is 86.6 cm³/mol. The zero-order valence-corrected chi connectivity index (χ0v) is 14.0. The van der Waals surface area contributed by atoms with Crippen LogP contribution in [0, 0.1) is 12.8 Å². The van der Waals surface area contributed by atoms with Crippen LogP contribution in [0.1, 0.15) is 31.4 Å². The van der Waals surface area contributed by atoms with Crippen molar-refractivity contribution in [3.8, 4) is 0 Å². The first-order valence-corrected chi connectivity index (χ1v) is 8.14. The number of likely N-dealkylation sites (tertiary alicyclic amines) is 1. The molecule has 0 spiro atoms. The Kier molecular flexibility index (Phi) is 4.33. The van der Waals surface area contributed by atoms with Crippen LogP contribution in [0.4, 0.5) is 0 Å². The lowest BCUT2D eigenvalue weighted by atomic mass is 10.1. The third-order valence-electron chi connectivity index (χ3n) is 4.85. The molecule has 0 radical (unpaired) electrons. The fourth-order valence-electron chi connectivity index (χ4n) is 3.07. The van der Waals surface area contributed by atoms with E-state index in [0.29, 0.717) is 18.5 Å². The molecule has 0 aromatic carbocycles. The van der Waals surface area contributed by atoms with Gasteiger partial charge in [-0.2, -0.15) is 0 Å². The van der Waals surface area contributed by atoms with E-state index in [4.69, 9.17) is 0 Å². The van der Waals surface area contributed by atoms with Gasteiger partial charge in [-0.05, 0) is 25.7 Å². The highest BCUT2D eigenvalue weighted by Gasteiger charge is 2.38. The van der Waals surface area contributed by atoms with Gasteiger partial charge in [0.25, 0.3) is 0 Å². The Labute approximate surface area is 132 Å². The van der Waals surface area contributed by atoms with Crippen molar-refractivity contribution < 1.29 is 0 Å². The van der Waals surface area contributed by atoms with E-state index in [1.165, 1.54) is 19.4 Å². The van der Waals surface area contributed by atoms with Crippen molar-refractivity contribution in [1.29, 1.82) is 0 Å². The first-order valence-electron chi connectivity index (χ1n) is 8.14. The normalized spacial score (nSPS) is 26.5. The Balaban J connectivity index is 1.52. The minimum absolute atomic E-state index is 0.466. The molecule has 1 saturated heterocycles. The zero-order chi connectivity index (χ0) is 15.7. The van der Waals surface area contributed by atoms with Gasteiger partial charge in [-0.3, -0.25) is 9.89 Å². The van der Waals surface area contributed by atoms with E-state index in [1.807, 2.05) is 25.6 Å². The van der Waals surface area contributed by atoms with Crippen LogP contribution in [0.25, 0.3) is 0 Å². The summed E-state index contributed by atoms with van der Waals surface area (Å²) in [7, 11) is 3.80. The zero-order valence-electron chi connectivity index (χ0n) is 14.0. The topological polar surface area (TPSA) is 70.4 Å². The minimum Gasteiger partial charge on any atom is -0.352 e. The molecule has 1 aliphatic heterocycles. The molecule has 1 aliphatic carbocycles. The predicted octanol–water partition coefficient (Wildman–Crippen LogP) is 0.271. The Morgan fingerprint density at radius 2 is 2.09 bits per heavy atom. The smallest absolute Gasteiger partial charge is 0.191 e. The van der Waals surface area contributed by atoms with Crippen molar-refractivity contribution in [2.75, 3.05) is 20.1 Å². The molecule has 1 aromatic rings. The minimum atomic E-state index is 0.466. The second-order valence-corrected chi connectivity index (χ2v) is 6.56. The summed E-state index contributed by atoms with van der Waals surface area (Å²) in [5.74, 6) is 3.33. The van der Waals surface area contributed by atoms with Crippen molar-refractivity contribution in [2.45, 2.75) is 45.3 Å². The molecule has 0 bridgehead atoms. The summed E-state index contributed by atoms with van der Waals surface area (Å²) in [6.07, 6.45) is 2.75. The molecule has 2 atom stereocenters. The van der Waals surface area contributed by atoms with Gasteiger partial charge in [0, 0.05) is 39.3 Å². The largest absolute Gasteiger partial charge is 0.352 e. The van der Waals surface area contributed by atoms with Gasteiger partial charge in [0.1, 0.15) is 5.82 Å². The third-order valence-corrected chi connectivity index (χ3v) is 4.85. The standard InChI is InChI=1S/C15H27N7/c1-10-8-22(12-5-6-12)9-13(10)18-15(16-3)17-7-14-20-19-11(2)21(14)4/h10,12-13H,5-9H2,1-4H3,(H2,16,17,18). The summed E-state index contributed by atoms with van der Waals surface area (Å²) in [5, 5.41) is 15.2. The molecule has 3 rings (SSSR count). The van der Waals surface area contributed by atoms with Gasteiger partial charge in [0.15, 0.2) is 11.8 Å². The van der Waals surface area contributed by atoms with E-state index in [1.54, 1.807) is 0 Å². The molecule has 22 heavy (non-hydrogen) atoms. The van der Waals surface area contributed by atoms with Crippen LogP contribution in [-0.2, 0) is 13.6 Å². The van der Waals surface area contributed by atoms with Crippen molar-refractivity contribution in [1.82, 2.24) is 30.3 Å². The second-order valence-electron chi connectivity index (χ2n) is 6.56. The number of aromatic nitrogens is 3. The maximum atomic E-state index is 4.34. The molecular formula is C15H27N7. The molecule has 1 saturated carbocycles. The highest BCUT2D eigenvalue weighted by Crippen LogP contribution is 2.31. The Morgan fingerprint density at radius 1 is 1.32 bits per heavy atom. The lowest BCUT2D eigenvalue weighted by Gasteiger charge is -2.20. The molecule has 2 heterocycles. The van der Waals surface area contributed by atoms with Gasteiger partial charge < -0.3 is 15.2 Å². The summed E-state index contributed by atoms with van der Waals surface area (Å²) < 4.78 is 1.99. The number of aliphatic imine (C=N–C) groups is 1. The van der Waals surface area contributed by atoms with E-state index in [2.05, 4.69) is 37.6 Å². The second kappa shape index (κ2) is 6.24. The van der Waals surface area contributed by atoms with E-state index in [9.17, 15) is 0 Å². The fraction of sp³-hybridized carbons (Fsp3) is 0.800. The molecule has 0 amide bonds. The van der Waals surface area contributed by atoms with Gasteiger partial charge >= 0.3 is 0 Å². The number of guanidine groups is 1. The third kappa shape index (κ3) is 3.24. The van der Waals surface area contributed by atoms with E-state index in [-0.39, 0.29) is 0 Å². The molecule has 7 nitrogen and oxygen atoms in total.